The Balaban J connectivity index is 2.54. The summed E-state index contributed by atoms with van der Waals surface area (Å²) < 4.78 is 5.38. The van der Waals surface area contributed by atoms with Crippen molar-refractivity contribution in [2.75, 3.05) is 6.61 Å². The predicted molar refractivity (Wildman–Crippen MR) is 56.0 cm³/mol. The van der Waals surface area contributed by atoms with Gasteiger partial charge in [0.1, 0.15) is 6.61 Å². The lowest BCUT2D eigenvalue weighted by Gasteiger charge is -2.04. The van der Waals surface area contributed by atoms with Crippen molar-refractivity contribution < 1.29 is 4.74 Å². The van der Waals surface area contributed by atoms with Crippen LogP contribution in [0.2, 0.25) is 0 Å². The predicted octanol–water partition coefficient (Wildman–Crippen LogP) is 1.02. The topological polar surface area (TPSA) is 67.3 Å². The van der Waals surface area contributed by atoms with Crippen molar-refractivity contribution in [1.82, 2.24) is 9.97 Å². The summed E-state index contributed by atoms with van der Waals surface area (Å²) in [5, 5.41) is 0.755. The van der Waals surface area contributed by atoms with Crippen molar-refractivity contribution in [3.63, 3.8) is 0 Å². The van der Waals surface area contributed by atoms with Crippen LogP contribution in [0.4, 0.5) is 5.69 Å². The number of aliphatic imine (C=N–C) groups is 1. The molecule has 0 atom stereocenters. The summed E-state index contributed by atoms with van der Waals surface area (Å²) in [6.07, 6.45) is 3.22. The fraction of sp³-hybridized carbons (Fsp3) is 0.100. The zero-order valence-corrected chi connectivity index (χ0v) is 7.73. The molecule has 0 radical (unpaired) electrons. The lowest BCUT2D eigenvalue weighted by Crippen LogP contribution is -2.04. The minimum atomic E-state index is -0.172. The fourth-order valence-electron chi connectivity index (χ4n) is 1.62. The van der Waals surface area contributed by atoms with E-state index in [1.54, 1.807) is 18.5 Å². The Morgan fingerprint density at radius 3 is 3.33 bits per heavy atom. The first-order valence-corrected chi connectivity index (χ1v) is 4.52. The maximum atomic E-state index is 11.3. The highest BCUT2D eigenvalue weighted by molar-refractivity contribution is 5.95. The average Bonchev–Trinajstić information content (AvgIpc) is 2.42. The summed E-state index contributed by atoms with van der Waals surface area (Å²) in [6.45, 7) is 0.370. The minimum Gasteiger partial charge on any atom is -0.471 e. The van der Waals surface area contributed by atoms with Gasteiger partial charge in [0.05, 0.1) is 16.6 Å². The molecule has 2 aromatic rings. The summed E-state index contributed by atoms with van der Waals surface area (Å²) in [5.41, 5.74) is 1.13. The van der Waals surface area contributed by atoms with Gasteiger partial charge in [0.25, 0.3) is 5.56 Å². The molecule has 1 aliphatic rings. The summed E-state index contributed by atoms with van der Waals surface area (Å²) in [4.78, 5) is 22.3. The molecule has 0 amide bonds. The second kappa shape index (κ2) is 2.91. The van der Waals surface area contributed by atoms with Gasteiger partial charge < -0.3 is 9.72 Å². The smallest absolute Gasteiger partial charge is 0.250 e. The third kappa shape index (κ3) is 1.20. The standard InChI is InChI=1S/C10H7N3O2/c14-8-5-7-9-6(13-8)1-2-12-10(9)15-4-3-11-7/h1-3,5H,4H2,(H,13,14). The molecule has 74 valence electrons. The van der Waals surface area contributed by atoms with Crippen molar-refractivity contribution in [2.45, 2.75) is 0 Å². The molecule has 3 heterocycles. The second-order valence-electron chi connectivity index (χ2n) is 3.18. The maximum Gasteiger partial charge on any atom is 0.250 e. The highest BCUT2D eigenvalue weighted by Crippen LogP contribution is 2.30. The molecule has 5 nitrogen and oxygen atoms in total. The molecule has 0 bridgehead atoms. The average molecular weight is 201 g/mol. The van der Waals surface area contributed by atoms with Crippen molar-refractivity contribution in [3.8, 4) is 5.88 Å². The van der Waals surface area contributed by atoms with Gasteiger partial charge in [0.2, 0.25) is 5.88 Å². The van der Waals surface area contributed by atoms with Crippen LogP contribution >= 0.6 is 0 Å². The number of nitrogens with one attached hydrogen (secondary N) is 1. The number of ether oxygens (including phenoxy) is 1. The molecule has 15 heavy (non-hydrogen) atoms. The van der Waals surface area contributed by atoms with E-state index in [9.17, 15) is 4.79 Å². The Hall–Kier alpha value is -2.17. The van der Waals surface area contributed by atoms with E-state index < -0.39 is 0 Å². The van der Waals surface area contributed by atoms with Gasteiger partial charge in [0.15, 0.2) is 0 Å². The van der Waals surface area contributed by atoms with Crippen LogP contribution in [0.5, 0.6) is 5.88 Å². The number of aromatic nitrogens is 2. The molecular formula is C10H7N3O2. The third-order valence-electron chi connectivity index (χ3n) is 2.22. The molecule has 2 aromatic heterocycles. The Morgan fingerprint density at radius 2 is 2.40 bits per heavy atom. The van der Waals surface area contributed by atoms with Crippen molar-refractivity contribution in [2.24, 2.45) is 4.99 Å². The minimum absolute atomic E-state index is 0.172. The lowest BCUT2D eigenvalue weighted by molar-refractivity contribution is 0.371. The summed E-state index contributed by atoms with van der Waals surface area (Å²) in [7, 11) is 0. The van der Waals surface area contributed by atoms with E-state index in [-0.39, 0.29) is 5.56 Å². The Morgan fingerprint density at radius 1 is 1.47 bits per heavy atom. The van der Waals surface area contributed by atoms with Gasteiger partial charge in [-0.3, -0.25) is 9.79 Å². The summed E-state index contributed by atoms with van der Waals surface area (Å²) >= 11 is 0. The molecular weight excluding hydrogens is 194 g/mol. The lowest BCUT2D eigenvalue weighted by atomic mass is 10.2. The van der Waals surface area contributed by atoms with Gasteiger partial charge in [0, 0.05) is 18.5 Å². The molecule has 0 aromatic carbocycles. The first-order valence-electron chi connectivity index (χ1n) is 4.52. The van der Waals surface area contributed by atoms with Crippen molar-refractivity contribution in [1.29, 1.82) is 0 Å². The van der Waals surface area contributed by atoms with E-state index >= 15 is 0 Å². The Labute approximate surface area is 84.4 Å². The van der Waals surface area contributed by atoms with Crippen LogP contribution in [0.3, 0.4) is 0 Å². The highest BCUT2D eigenvalue weighted by Gasteiger charge is 2.11. The van der Waals surface area contributed by atoms with Crippen LogP contribution in [-0.2, 0) is 0 Å². The van der Waals surface area contributed by atoms with Gasteiger partial charge in [-0.2, -0.15) is 0 Å². The first kappa shape index (κ1) is 8.16. The first-order chi connectivity index (χ1) is 7.34. The highest BCUT2D eigenvalue weighted by atomic mass is 16.5. The number of hydrogen-bond donors (Lipinski definition) is 1. The van der Waals surface area contributed by atoms with Crippen LogP contribution in [0.1, 0.15) is 0 Å². The SMILES string of the molecule is O=c1cc2c3c(nccc3[nH]1)OCC=N2. The van der Waals surface area contributed by atoms with E-state index in [1.165, 1.54) is 6.07 Å². The molecule has 1 aliphatic heterocycles. The number of aromatic amines is 1. The van der Waals surface area contributed by atoms with Gasteiger partial charge in [-0.05, 0) is 6.07 Å². The van der Waals surface area contributed by atoms with Gasteiger partial charge in [-0.1, -0.05) is 0 Å². The van der Waals surface area contributed by atoms with E-state index in [0.717, 1.165) is 5.39 Å². The van der Waals surface area contributed by atoms with Crippen LogP contribution in [0, 0.1) is 0 Å². The number of H-pyrrole nitrogens is 1. The summed E-state index contributed by atoms with van der Waals surface area (Å²) in [6, 6.07) is 3.17. The van der Waals surface area contributed by atoms with Crippen LogP contribution in [-0.4, -0.2) is 22.8 Å². The normalized spacial score (nSPS) is 13.6. The fourth-order valence-corrected chi connectivity index (χ4v) is 1.62. The Kier molecular flexibility index (Phi) is 1.58. The van der Waals surface area contributed by atoms with Crippen LogP contribution in [0.15, 0.2) is 28.1 Å². The number of nitrogens with zero attached hydrogens (tertiary/aromatic N) is 2. The molecule has 0 spiro atoms. The van der Waals surface area contributed by atoms with E-state index in [0.29, 0.717) is 23.7 Å². The zero-order chi connectivity index (χ0) is 10.3. The monoisotopic (exact) mass is 201 g/mol. The third-order valence-corrected chi connectivity index (χ3v) is 2.22. The molecule has 1 N–H and O–H groups in total. The molecule has 0 saturated carbocycles. The van der Waals surface area contributed by atoms with Crippen LogP contribution < -0.4 is 10.3 Å². The van der Waals surface area contributed by atoms with E-state index in [4.69, 9.17) is 4.74 Å². The molecule has 0 fully saturated rings. The zero-order valence-electron chi connectivity index (χ0n) is 7.73. The number of rotatable bonds is 0. The second-order valence-corrected chi connectivity index (χ2v) is 3.18. The number of pyridine rings is 2. The largest absolute Gasteiger partial charge is 0.471 e. The molecule has 3 rings (SSSR count). The van der Waals surface area contributed by atoms with Crippen molar-refractivity contribution in [3.05, 3.63) is 28.7 Å². The van der Waals surface area contributed by atoms with E-state index in [2.05, 4.69) is 15.0 Å². The van der Waals surface area contributed by atoms with Gasteiger partial charge >= 0.3 is 0 Å². The van der Waals surface area contributed by atoms with Crippen LogP contribution in [0.25, 0.3) is 10.9 Å². The number of hydrogen-bond acceptors (Lipinski definition) is 4. The Bertz CT molecular complexity index is 616. The van der Waals surface area contributed by atoms with Gasteiger partial charge in [-0.15, -0.1) is 0 Å². The van der Waals surface area contributed by atoms with Gasteiger partial charge in [-0.25, -0.2) is 4.98 Å². The molecule has 0 saturated heterocycles. The summed E-state index contributed by atoms with van der Waals surface area (Å²) in [5.74, 6) is 0.510. The molecule has 0 aliphatic carbocycles. The maximum absolute atomic E-state index is 11.3. The molecule has 0 unspecified atom stereocenters. The molecule has 5 heteroatoms. The van der Waals surface area contributed by atoms with E-state index in [1.807, 2.05) is 0 Å². The quantitative estimate of drug-likeness (QED) is 0.691. The van der Waals surface area contributed by atoms with Crippen molar-refractivity contribution >= 4 is 22.8 Å².